The summed E-state index contributed by atoms with van der Waals surface area (Å²) < 4.78 is 20.4. The Hall–Kier alpha value is -3.43. The zero-order valence-electron chi connectivity index (χ0n) is 18.4. The van der Waals surface area contributed by atoms with Crippen LogP contribution in [0.5, 0.6) is 0 Å². The van der Waals surface area contributed by atoms with E-state index in [2.05, 4.69) is 15.2 Å². The standard InChI is InChI=1S/C22H26FN5O4/c1-22(2,3)32-21(31)27-10-8-26(9-11-27)16-5-4-15(23)19-14(16)12-24-13-17(19)28-7-6-18(29)25-20(28)30/h4-5,12-13H,6-11H2,1-3H3,(H,25,29,30). The molecule has 9 nitrogen and oxygen atoms in total. The van der Waals surface area contributed by atoms with Crippen LogP contribution in [0.4, 0.5) is 25.4 Å². The molecule has 32 heavy (non-hydrogen) atoms. The van der Waals surface area contributed by atoms with Crippen molar-refractivity contribution < 1.29 is 23.5 Å². The van der Waals surface area contributed by atoms with E-state index in [4.69, 9.17) is 4.74 Å². The number of nitrogens with zero attached hydrogens (tertiary/aromatic N) is 4. The summed E-state index contributed by atoms with van der Waals surface area (Å²) in [5.41, 5.74) is 0.529. The number of rotatable bonds is 2. The molecule has 0 unspecified atom stereocenters. The number of imide groups is 1. The molecule has 1 N–H and O–H groups in total. The van der Waals surface area contributed by atoms with Crippen molar-refractivity contribution in [2.75, 3.05) is 42.5 Å². The van der Waals surface area contributed by atoms with Crippen molar-refractivity contribution in [2.45, 2.75) is 32.8 Å². The van der Waals surface area contributed by atoms with E-state index < -0.39 is 17.4 Å². The van der Waals surface area contributed by atoms with Crippen LogP contribution in [0.25, 0.3) is 10.8 Å². The Kier molecular flexibility index (Phi) is 5.62. The number of amides is 4. The number of anilines is 2. The molecule has 2 fully saturated rings. The number of carbonyl (C=O) groups excluding carboxylic acids is 3. The van der Waals surface area contributed by atoms with Crippen molar-refractivity contribution in [2.24, 2.45) is 0 Å². The average molecular weight is 443 g/mol. The predicted octanol–water partition coefficient (Wildman–Crippen LogP) is 2.88. The van der Waals surface area contributed by atoms with Gasteiger partial charge in [-0.05, 0) is 32.9 Å². The Labute approximate surface area is 185 Å². The van der Waals surface area contributed by atoms with Gasteiger partial charge in [-0.2, -0.15) is 0 Å². The predicted molar refractivity (Wildman–Crippen MR) is 117 cm³/mol. The number of piperazine rings is 1. The van der Waals surface area contributed by atoms with Crippen LogP contribution < -0.4 is 15.1 Å². The van der Waals surface area contributed by atoms with Crippen molar-refractivity contribution in [3.05, 3.63) is 30.3 Å². The largest absolute Gasteiger partial charge is 0.444 e. The fourth-order valence-electron chi connectivity index (χ4n) is 3.95. The number of halogens is 1. The van der Waals surface area contributed by atoms with Gasteiger partial charge in [0, 0.05) is 61.8 Å². The zero-order valence-corrected chi connectivity index (χ0v) is 18.4. The first-order valence-electron chi connectivity index (χ1n) is 10.5. The first kappa shape index (κ1) is 21.8. The summed E-state index contributed by atoms with van der Waals surface area (Å²) in [6.45, 7) is 7.67. The van der Waals surface area contributed by atoms with Gasteiger partial charge in [0.15, 0.2) is 0 Å². The number of hydrogen-bond acceptors (Lipinski definition) is 6. The van der Waals surface area contributed by atoms with Crippen molar-refractivity contribution in [3.63, 3.8) is 0 Å². The third-order valence-electron chi connectivity index (χ3n) is 5.45. The van der Waals surface area contributed by atoms with Crippen molar-refractivity contribution in [3.8, 4) is 0 Å². The quantitative estimate of drug-likeness (QED) is 0.767. The molecule has 0 bridgehead atoms. The number of fused-ring (bicyclic) bond motifs is 1. The van der Waals surface area contributed by atoms with E-state index in [0.717, 1.165) is 5.69 Å². The van der Waals surface area contributed by atoms with Gasteiger partial charge >= 0.3 is 12.1 Å². The maximum atomic E-state index is 14.9. The molecule has 3 heterocycles. The molecule has 10 heteroatoms. The molecule has 2 aliphatic rings. The molecule has 2 aromatic rings. The Morgan fingerprint density at radius 1 is 1.06 bits per heavy atom. The highest BCUT2D eigenvalue weighted by Gasteiger charge is 2.29. The van der Waals surface area contributed by atoms with E-state index in [9.17, 15) is 18.8 Å². The summed E-state index contributed by atoms with van der Waals surface area (Å²) in [5, 5.41) is 3.10. The second-order valence-electron chi connectivity index (χ2n) is 8.86. The number of urea groups is 1. The molecule has 0 atom stereocenters. The molecular formula is C22H26FN5O4. The van der Waals surface area contributed by atoms with Gasteiger partial charge in [-0.25, -0.2) is 14.0 Å². The van der Waals surface area contributed by atoms with Gasteiger partial charge in [0.05, 0.1) is 11.9 Å². The van der Waals surface area contributed by atoms with Gasteiger partial charge in [-0.3, -0.25) is 20.0 Å². The summed E-state index contributed by atoms with van der Waals surface area (Å²) in [6.07, 6.45) is 2.79. The maximum Gasteiger partial charge on any atom is 0.410 e. The van der Waals surface area contributed by atoms with E-state index in [1.165, 1.54) is 17.2 Å². The highest BCUT2D eigenvalue weighted by molar-refractivity contribution is 6.11. The second-order valence-corrected chi connectivity index (χ2v) is 8.86. The molecular weight excluding hydrogens is 417 g/mol. The van der Waals surface area contributed by atoms with Crippen molar-refractivity contribution in [1.29, 1.82) is 0 Å². The molecule has 1 aromatic carbocycles. The maximum absolute atomic E-state index is 14.9. The minimum atomic E-state index is -0.591. The summed E-state index contributed by atoms with van der Waals surface area (Å²) in [6, 6.07) is 2.46. The molecule has 4 amide bonds. The lowest BCUT2D eigenvalue weighted by atomic mass is 10.1. The molecule has 0 aliphatic carbocycles. The first-order chi connectivity index (χ1) is 15.1. The minimum absolute atomic E-state index is 0.135. The molecule has 170 valence electrons. The highest BCUT2D eigenvalue weighted by Crippen LogP contribution is 2.35. The van der Waals surface area contributed by atoms with Crippen LogP contribution >= 0.6 is 0 Å². The molecule has 2 aliphatic heterocycles. The number of carbonyl (C=O) groups is 3. The van der Waals surface area contributed by atoms with Crippen LogP contribution in [0.1, 0.15) is 27.2 Å². The van der Waals surface area contributed by atoms with Crippen LogP contribution in [0, 0.1) is 5.82 Å². The minimum Gasteiger partial charge on any atom is -0.444 e. The van der Waals surface area contributed by atoms with Gasteiger partial charge in [-0.1, -0.05) is 0 Å². The topological polar surface area (TPSA) is 95.1 Å². The fraction of sp³-hybridized carbons (Fsp3) is 0.455. The molecule has 4 rings (SSSR count). The fourth-order valence-corrected chi connectivity index (χ4v) is 3.95. The van der Waals surface area contributed by atoms with Gasteiger partial charge in [0.1, 0.15) is 11.4 Å². The van der Waals surface area contributed by atoms with E-state index in [0.29, 0.717) is 37.3 Å². The van der Waals surface area contributed by atoms with E-state index in [1.54, 1.807) is 17.2 Å². The monoisotopic (exact) mass is 443 g/mol. The van der Waals surface area contributed by atoms with Crippen molar-refractivity contribution >= 4 is 40.2 Å². The Balaban J connectivity index is 1.60. The number of pyridine rings is 1. The Morgan fingerprint density at radius 2 is 1.78 bits per heavy atom. The summed E-state index contributed by atoms with van der Waals surface area (Å²) >= 11 is 0. The van der Waals surface area contributed by atoms with Crippen LogP contribution in [0.15, 0.2) is 24.5 Å². The summed E-state index contributed by atoms with van der Waals surface area (Å²) in [4.78, 5) is 45.5. The average Bonchev–Trinajstić information content (AvgIpc) is 2.73. The lowest BCUT2D eigenvalue weighted by Crippen LogP contribution is -2.50. The number of ether oxygens (including phenoxy) is 1. The van der Waals surface area contributed by atoms with Gasteiger partial charge in [-0.15, -0.1) is 0 Å². The number of aromatic nitrogens is 1. The van der Waals surface area contributed by atoms with Crippen molar-refractivity contribution in [1.82, 2.24) is 15.2 Å². The van der Waals surface area contributed by atoms with Gasteiger partial charge in [0.2, 0.25) is 5.91 Å². The van der Waals surface area contributed by atoms with Crippen LogP contribution in [0.3, 0.4) is 0 Å². The van der Waals surface area contributed by atoms with Gasteiger partial charge in [0.25, 0.3) is 0 Å². The Morgan fingerprint density at radius 3 is 2.44 bits per heavy atom. The number of nitrogens with one attached hydrogen (secondary N) is 1. The molecule has 0 saturated carbocycles. The normalized spacial score (nSPS) is 17.6. The van der Waals surface area contributed by atoms with E-state index in [1.807, 2.05) is 20.8 Å². The van der Waals surface area contributed by atoms with Crippen LogP contribution in [-0.4, -0.2) is 66.2 Å². The number of benzene rings is 1. The first-order valence-corrected chi connectivity index (χ1v) is 10.5. The molecule has 0 spiro atoms. The third kappa shape index (κ3) is 4.30. The highest BCUT2D eigenvalue weighted by atomic mass is 19.1. The third-order valence-corrected chi connectivity index (χ3v) is 5.45. The lowest BCUT2D eigenvalue weighted by Gasteiger charge is -2.37. The second kappa shape index (κ2) is 8.25. The smallest absolute Gasteiger partial charge is 0.410 e. The molecule has 0 radical (unpaired) electrons. The lowest BCUT2D eigenvalue weighted by molar-refractivity contribution is -0.120. The van der Waals surface area contributed by atoms with Gasteiger partial charge < -0.3 is 14.5 Å². The SMILES string of the molecule is CC(C)(C)OC(=O)N1CCN(c2ccc(F)c3c(N4CCC(=O)NC4=O)cncc23)CC1. The molecule has 1 aromatic heterocycles. The number of hydrogen-bond donors (Lipinski definition) is 1. The van der Waals surface area contributed by atoms with Crippen LogP contribution in [-0.2, 0) is 9.53 Å². The Bertz CT molecular complexity index is 1080. The van der Waals surface area contributed by atoms with Crippen LogP contribution in [0.2, 0.25) is 0 Å². The van der Waals surface area contributed by atoms with E-state index in [-0.39, 0.29) is 30.4 Å². The molecule has 2 saturated heterocycles. The summed E-state index contributed by atoms with van der Waals surface area (Å²) in [7, 11) is 0. The van der Waals surface area contributed by atoms with E-state index >= 15 is 0 Å². The zero-order chi connectivity index (χ0) is 23.0. The summed E-state index contributed by atoms with van der Waals surface area (Å²) in [5.74, 6) is -0.832.